The van der Waals surface area contributed by atoms with E-state index in [2.05, 4.69) is 0 Å². The summed E-state index contributed by atoms with van der Waals surface area (Å²) >= 11 is 0. The lowest BCUT2D eigenvalue weighted by atomic mass is 9.75. The molecule has 0 spiro atoms. The maximum absolute atomic E-state index is 12.8. The second-order valence-electron chi connectivity index (χ2n) is 5.67. The van der Waals surface area contributed by atoms with E-state index in [0.29, 0.717) is 16.0 Å². The van der Waals surface area contributed by atoms with Crippen molar-refractivity contribution in [2.45, 2.75) is 0 Å². The number of allylic oxidation sites excluding steroid dienone is 5. The van der Waals surface area contributed by atoms with Crippen molar-refractivity contribution in [2.24, 2.45) is 5.92 Å². The molecule has 4 rings (SSSR count). The van der Waals surface area contributed by atoms with E-state index in [1.54, 1.807) is 30.3 Å². The Bertz CT molecular complexity index is 1080. The highest BCUT2D eigenvalue weighted by molar-refractivity contribution is 6.50. The molecule has 6 nitrogen and oxygen atoms in total. The molecule has 116 valence electrons. The highest BCUT2D eigenvalue weighted by atomic mass is 16.6. The number of ketones is 3. The fraction of sp³-hybridized carbons (Fsp3) is 0.0556. The largest absolute Gasteiger partial charge is 0.293 e. The van der Waals surface area contributed by atoms with Crippen LogP contribution in [0.2, 0.25) is 0 Å². The van der Waals surface area contributed by atoms with Crippen LogP contribution in [-0.4, -0.2) is 22.3 Å². The molecule has 0 fully saturated rings. The summed E-state index contributed by atoms with van der Waals surface area (Å²) in [6, 6.07) is 6.72. The molecule has 0 aliphatic heterocycles. The van der Waals surface area contributed by atoms with Crippen molar-refractivity contribution in [3.05, 3.63) is 79.8 Å². The molecule has 0 radical (unpaired) electrons. The van der Waals surface area contributed by atoms with Crippen LogP contribution >= 0.6 is 0 Å². The number of carbonyl (C=O) groups is 3. The molecule has 3 aliphatic rings. The first kappa shape index (κ1) is 14.2. The van der Waals surface area contributed by atoms with Gasteiger partial charge < -0.3 is 0 Å². The Morgan fingerprint density at radius 2 is 1.71 bits per heavy atom. The van der Waals surface area contributed by atoms with Crippen LogP contribution in [0.5, 0.6) is 0 Å². The fourth-order valence-electron chi connectivity index (χ4n) is 3.30. The molecule has 0 saturated heterocycles. The molecule has 1 aromatic carbocycles. The van der Waals surface area contributed by atoms with E-state index in [-0.39, 0.29) is 16.8 Å². The molecule has 0 amide bonds. The standard InChI is InChI=1S/C18H9NO5/c20-14-6-5-12-13(17(14)21)8-10-7-9-3-1-2-4-11(9)16(19(23)24)15(10)18(12)22/h1-8,15H. The number of hydrogen-bond acceptors (Lipinski definition) is 5. The third-order valence-corrected chi connectivity index (χ3v) is 4.36. The van der Waals surface area contributed by atoms with E-state index in [9.17, 15) is 24.5 Å². The summed E-state index contributed by atoms with van der Waals surface area (Å²) in [5, 5.41) is 12.6. The van der Waals surface area contributed by atoms with Crippen LogP contribution in [0, 0.1) is 16.0 Å². The summed E-state index contributed by atoms with van der Waals surface area (Å²) in [4.78, 5) is 47.5. The smallest absolute Gasteiger partial charge is 0.269 e. The van der Waals surface area contributed by atoms with Gasteiger partial charge in [0.25, 0.3) is 5.70 Å². The van der Waals surface area contributed by atoms with Crippen LogP contribution in [-0.2, 0) is 14.4 Å². The fourth-order valence-corrected chi connectivity index (χ4v) is 3.30. The van der Waals surface area contributed by atoms with E-state index in [4.69, 9.17) is 0 Å². The van der Waals surface area contributed by atoms with Gasteiger partial charge in [-0.3, -0.25) is 24.5 Å². The van der Waals surface area contributed by atoms with Crippen molar-refractivity contribution in [1.82, 2.24) is 0 Å². The highest BCUT2D eigenvalue weighted by Crippen LogP contribution is 2.36. The summed E-state index contributed by atoms with van der Waals surface area (Å²) in [5.74, 6) is -3.07. The second-order valence-corrected chi connectivity index (χ2v) is 5.67. The lowest BCUT2D eigenvalue weighted by Gasteiger charge is -2.25. The van der Waals surface area contributed by atoms with Crippen LogP contribution in [0.3, 0.4) is 0 Å². The zero-order chi connectivity index (χ0) is 17.0. The molecule has 0 saturated carbocycles. The molecule has 24 heavy (non-hydrogen) atoms. The summed E-state index contributed by atoms with van der Waals surface area (Å²) in [7, 11) is 0. The monoisotopic (exact) mass is 319 g/mol. The molecule has 0 aromatic heterocycles. The first-order valence-corrected chi connectivity index (χ1v) is 7.21. The minimum atomic E-state index is -1.07. The Hall–Kier alpha value is -3.41. The number of Topliss-reactive ketones (excluding diaryl/α,β-unsaturated/α-hetero) is 2. The predicted molar refractivity (Wildman–Crippen MR) is 83.3 cm³/mol. The lowest BCUT2D eigenvalue weighted by Crippen LogP contribution is -2.41. The van der Waals surface area contributed by atoms with Crippen LogP contribution < -0.4 is 10.4 Å². The SMILES string of the molecule is O=C1C=CC2=C(C=C3C=c4ccccc4=C([N+](=O)[O-])C3C2=O)C1=O. The van der Waals surface area contributed by atoms with Gasteiger partial charge in [0.1, 0.15) is 5.92 Å². The van der Waals surface area contributed by atoms with Gasteiger partial charge in [0.05, 0.1) is 10.1 Å². The van der Waals surface area contributed by atoms with Gasteiger partial charge in [0.2, 0.25) is 11.6 Å². The number of nitrogens with zero attached hydrogens (tertiary/aromatic N) is 1. The third-order valence-electron chi connectivity index (χ3n) is 4.36. The Labute approximate surface area is 134 Å². The quantitative estimate of drug-likeness (QED) is 0.314. The van der Waals surface area contributed by atoms with E-state index >= 15 is 0 Å². The van der Waals surface area contributed by atoms with Gasteiger partial charge in [-0.15, -0.1) is 0 Å². The van der Waals surface area contributed by atoms with Gasteiger partial charge in [-0.25, -0.2) is 0 Å². The number of benzene rings is 1. The highest BCUT2D eigenvalue weighted by Gasteiger charge is 2.43. The number of fused-ring (bicyclic) bond motifs is 2. The van der Waals surface area contributed by atoms with Gasteiger partial charge in [0, 0.05) is 11.1 Å². The van der Waals surface area contributed by atoms with Gasteiger partial charge >= 0.3 is 0 Å². The summed E-state index contributed by atoms with van der Waals surface area (Å²) in [6.45, 7) is 0. The maximum atomic E-state index is 12.8. The normalized spacial score (nSPS) is 21.7. The van der Waals surface area contributed by atoms with Gasteiger partial charge in [0.15, 0.2) is 5.78 Å². The van der Waals surface area contributed by atoms with Crippen molar-refractivity contribution in [2.75, 3.05) is 0 Å². The summed E-state index contributed by atoms with van der Waals surface area (Å²) in [5.41, 5.74) is 0.229. The van der Waals surface area contributed by atoms with E-state index < -0.39 is 28.2 Å². The second kappa shape index (κ2) is 4.79. The summed E-state index contributed by atoms with van der Waals surface area (Å²) in [6.07, 6.45) is 5.38. The Morgan fingerprint density at radius 1 is 0.958 bits per heavy atom. The molecule has 1 unspecified atom stereocenters. The molecular formula is C18H9NO5. The van der Waals surface area contributed by atoms with Crippen LogP contribution in [0.4, 0.5) is 0 Å². The lowest BCUT2D eigenvalue weighted by molar-refractivity contribution is -0.384. The van der Waals surface area contributed by atoms with E-state index in [1.807, 2.05) is 0 Å². The van der Waals surface area contributed by atoms with Gasteiger partial charge in [-0.2, -0.15) is 0 Å². The zero-order valence-corrected chi connectivity index (χ0v) is 12.2. The Kier molecular flexibility index (Phi) is 2.83. The number of nitro groups is 1. The van der Waals surface area contributed by atoms with Crippen molar-refractivity contribution >= 4 is 29.1 Å². The molecule has 0 bridgehead atoms. The zero-order valence-electron chi connectivity index (χ0n) is 12.2. The van der Waals surface area contributed by atoms with Crippen molar-refractivity contribution in [3.63, 3.8) is 0 Å². The van der Waals surface area contributed by atoms with Crippen LogP contribution in [0.25, 0.3) is 11.8 Å². The Balaban J connectivity index is 2.05. The van der Waals surface area contributed by atoms with E-state index in [0.717, 1.165) is 6.08 Å². The Morgan fingerprint density at radius 3 is 2.46 bits per heavy atom. The minimum absolute atomic E-state index is 0.0112. The van der Waals surface area contributed by atoms with Crippen LogP contribution in [0.1, 0.15) is 0 Å². The van der Waals surface area contributed by atoms with Crippen molar-refractivity contribution in [3.8, 4) is 0 Å². The van der Waals surface area contributed by atoms with Gasteiger partial charge in [-0.05, 0) is 41.2 Å². The molecule has 1 atom stereocenters. The average molecular weight is 319 g/mol. The molecule has 0 N–H and O–H groups in total. The topological polar surface area (TPSA) is 94.3 Å². The van der Waals surface area contributed by atoms with Crippen molar-refractivity contribution in [1.29, 1.82) is 0 Å². The summed E-state index contributed by atoms with van der Waals surface area (Å²) < 4.78 is 0. The number of carbonyl (C=O) groups excluding carboxylic acids is 3. The number of rotatable bonds is 1. The molecule has 6 heteroatoms. The molecule has 0 heterocycles. The molecule has 1 aromatic rings. The number of hydrogen-bond donors (Lipinski definition) is 0. The predicted octanol–water partition coefficient (Wildman–Crippen LogP) is -0.00450. The minimum Gasteiger partial charge on any atom is -0.293 e. The van der Waals surface area contributed by atoms with E-state index in [1.165, 1.54) is 12.2 Å². The molecule has 3 aliphatic carbocycles. The molecular weight excluding hydrogens is 310 g/mol. The average Bonchev–Trinajstić information content (AvgIpc) is 2.56. The van der Waals surface area contributed by atoms with Crippen molar-refractivity contribution < 1.29 is 19.3 Å². The van der Waals surface area contributed by atoms with Crippen LogP contribution in [0.15, 0.2) is 59.2 Å². The first-order valence-electron chi connectivity index (χ1n) is 7.21. The first-order chi connectivity index (χ1) is 11.5. The maximum Gasteiger partial charge on any atom is 0.269 e. The van der Waals surface area contributed by atoms with Gasteiger partial charge in [-0.1, -0.05) is 18.2 Å². The third kappa shape index (κ3) is 1.80.